The molecule has 5 nitrogen and oxygen atoms in total. The van der Waals surface area contributed by atoms with E-state index in [-0.39, 0.29) is 6.61 Å². The molecule has 0 radical (unpaired) electrons. The third-order valence-corrected chi connectivity index (χ3v) is 2.30. The highest BCUT2D eigenvalue weighted by molar-refractivity contribution is 5.06. The summed E-state index contributed by atoms with van der Waals surface area (Å²) in [6.45, 7) is 8.98. The van der Waals surface area contributed by atoms with E-state index in [2.05, 4.69) is 24.3 Å². The van der Waals surface area contributed by atoms with E-state index >= 15 is 0 Å². The van der Waals surface area contributed by atoms with Crippen LogP contribution in [0.15, 0.2) is 12.3 Å². The van der Waals surface area contributed by atoms with Crippen molar-refractivity contribution >= 4 is 0 Å². The van der Waals surface area contributed by atoms with Crippen LogP contribution >= 0.6 is 0 Å². The largest absolute Gasteiger partial charge is 0.474 e. The smallest absolute Gasteiger partial charge is 0.232 e. The Kier molecular flexibility index (Phi) is 5.44. The number of nitrogens with zero attached hydrogens (tertiary/aromatic N) is 2. The number of hydrogen-bond acceptors (Lipinski definition) is 4. The zero-order valence-electron chi connectivity index (χ0n) is 11.1. The van der Waals surface area contributed by atoms with E-state index in [0.717, 1.165) is 0 Å². The molecule has 1 atom stereocenters. The Morgan fingerprint density at radius 1 is 1.41 bits per heavy atom. The molecule has 0 aliphatic rings. The van der Waals surface area contributed by atoms with E-state index < -0.39 is 6.10 Å². The summed E-state index contributed by atoms with van der Waals surface area (Å²) in [6, 6.07) is 2.49. The van der Waals surface area contributed by atoms with Gasteiger partial charge in [0.15, 0.2) is 0 Å². The van der Waals surface area contributed by atoms with Gasteiger partial charge in [-0.15, -0.1) is 5.10 Å². The Balaban J connectivity index is 2.29. The molecule has 0 amide bonds. The predicted octanol–water partition coefficient (Wildman–Crippen LogP) is 1.20. The molecule has 1 unspecified atom stereocenters. The maximum Gasteiger partial charge on any atom is 0.232 e. The fourth-order valence-corrected chi connectivity index (χ4v) is 1.30. The van der Waals surface area contributed by atoms with Gasteiger partial charge in [-0.25, -0.2) is 0 Å². The van der Waals surface area contributed by atoms with Gasteiger partial charge in [0.05, 0.1) is 0 Å². The van der Waals surface area contributed by atoms with Crippen molar-refractivity contribution in [1.82, 2.24) is 15.1 Å². The van der Waals surface area contributed by atoms with Crippen molar-refractivity contribution in [1.29, 1.82) is 0 Å². The topological polar surface area (TPSA) is 59.3 Å². The van der Waals surface area contributed by atoms with Crippen molar-refractivity contribution in [3.63, 3.8) is 0 Å². The van der Waals surface area contributed by atoms with Crippen molar-refractivity contribution in [3.05, 3.63) is 12.3 Å². The summed E-state index contributed by atoms with van der Waals surface area (Å²) in [5.41, 5.74) is 0. The van der Waals surface area contributed by atoms with Crippen LogP contribution < -0.4 is 10.1 Å². The second-order valence-corrected chi connectivity index (χ2v) is 4.76. The summed E-state index contributed by atoms with van der Waals surface area (Å²) >= 11 is 0. The van der Waals surface area contributed by atoms with E-state index in [1.54, 1.807) is 0 Å². The molecule has 0 aliphatic carbocycles. The SMILES string of the molecule is CC(C)NCC(O)COc1ccn(C(C)C)n1. The average Bonchev–Trinajstić information content (AvgIpc) is 2.72. The lowest BCUT2D eigenvalue weighted by atomic mass is 10.3. The normalized spacial score (nSPS) is 13.4. The number of aromatic nitrogens is 2. The molecular weight excluding hydrogens is 218 g/mol. The lowest BCUT2D eigenvalue weighted by molar-refractivity contribution is 0.101. The highest BCUT2D eigenvalue weighted by Gasteiger charge is 2.08. The van der Waals surface area contributed by atoms with Crippen LogP contribution in [0.25, 0.3) is 0 Å². The maximum absolute atomic E-state index is 9.65. The minimum atomic E-state index is -0.512. The van der Waals surface area contributed by atoms with Crippen LogP contribution in [-0.4, -0.2) is 40.2 Å². The number of ether oxygens (including phenoxy) is 1. The first-order valence-corrected chi connectivity index (χ1v) is 6.08. The molecule has 17 heavy (non-hydrogen) atoms. The van der Waals surface area contributed by atoms with E-state index in [9.17, 15) is 5.11 Å². The summed E-state index contributed by atoms with van der Waals surface area (Å²) in [6.07, 6.45) is 1.36. The molecule has 0 bridgehead atoms. The molecule has 0 saturated heterocycles. The number of aliphatic hydroxyl groups excluding tert-OH is 1. The molecule has 1 aromatic rings. The van der Waals surface area contributed by atoms with Crippen molar-refractivity contribution in [2.75, 3.05) is 13.2 Å². The summed E-state index contributed by atoms with van der Waals surface area (Å²) in [4.78, 5) is 0. The number of hydrogen-bond donors (Lipinski definition) is 2. The van der Waals surface area contributed by atoms with E-state index in [1.807, 2.05) is 30.8 Å². The molecule has 0 aliphatic heterocycles. The molecule has 0 saturated carbocycles. The van der Waals surface area contributed by atoms with Gasteiger partial charge >= 0.3 is 0 Å². The first kappa shape index (κ1) is 14.0. The molecule has 1 rings (SSSR count). The van der Waals surface area contributed by atoms with Crippen molar-refractivity contribution in [2.45, 2.75) is 45.9 Å². The van der Waals surface area contributed by atoms with Crippen LogP contribution in [0.3, 0.4) is 0 Å². The standard InChI is InChI=1S/C12H23N3O2/c1-9(2)13-7-11(16)8-17-12-5-6-15(14-12)10(3)4/h5-6,9-11,13,16H,7-8H2,1-4H3. The minimum Gasteiger partial charge on any atom is -0.474 e. The monoisotopic (exact) mass is 241 g/mol. The average molecular weight is 241 g/mol. The Morgan fingerprint density at radius 3 is 2.65 bits per heavy atom. The molecule has 1 aromatic heterocycles. The van der Waals surface area contributed by atoms with Crippen LogP contribution in [0.2, 0.25) is 0 Å². The fourth-order valence-electron chi connectivity index (χ4n) is 1.30. The quantitative estimate of drug-likeness (QED) is 0.753. The van der Waals surface area contributed by atoms with Gasteiger partial charge < -0.3 is 15.2 Å². The van der Waals surface area contributed by atoms with Crippen LogP contribution in [-0.2, 0) is 0 Å². The molecule has 98 valence electrons. The highest BCUT2D eigenvalue weighted by atomic mass is 16.5. The molecular formula is C12H23N3O2. The van der Waals surface area contributed by atoms with Gasteiger partial charge in [-0.2, -0.15) is 0 Å². The second-order valence-electron chi connectivity index (χ2n) is 4.76. The molecule has 1 heterocycles. The summed E-state index contributed by atoms with van der Waals surface area (Å²) in [5.74, 6) is 0.558. The van der Waals surface area contributed by atoms with Crippen molar-refractivity contribution in [2.24, 2.45) is 0 Å². The van der Waals surface area contributed by atoms with Gasteiger partial charge in [0.1, 0.15) is 12.7 Å². The molecule has 0 fully saturated rings. The molecule has 2 N–H and O–H groups in total. The van der Waals surface area contributed by atoms with Crippen molar-refractivity contribution in [3.8, 4) is 5.88 Å². The third kappa shape index (κ3) is 5.19. The molecule has 0 aromatic carbocycles. The van der Waals surface area contributed by atoms with E-state index in [1.165, 1.54) is 0 Å². The van der Waals surface area contributed by atoms with Gasteiger partial charge in [-0.05, 0) is 13.8 Å². The lowest BCUT2D eigenvalue weighted by Crippen LogP contribution is -2.35. The number of aliphatic hydroxyl groups is 1. The minimum absolute atomic E-state index is 0.259. The third-order valence-electron chi connectivity index (χ3n) is 2.30. The Morgan fingerprint density at radius 2 is 2.12 bits per heavy atom. The fraction of sp³-hybridized carbons (Fsp3) is 0.750. The maximum atomic E-state index is 9.65. The van der Waals surface area contributed by atoms with Gasteiger partial charge in [0, 0.05) is 30.9 Å². The Hall–Kier alpha value is -1.07. The zero-order chi connectivity index (χ0) is 12.8. The lowest BCUT2D eigenvalue weighted by Gasteiger charge is -2.13. The zero-order valence-corrected chi connectivity index (χ0v) is 11.1. The molecule has 0 spiro atoms. The summed E-state index contributed by atoms with van der Waals surface area (Å²) in [5, 5.41) is 17.0. The number of rotatable bonds is 7. The van der Waals surface area contributed by atoms with Crippen LogP contribution in [0.5, 0.6) is 5.88 Å². The van der Waals surface area contributed by atoms with Gasteiger partial charge in [-0.3, -0.25) is 4.68 Å². The Labute approximate surface area is 103 Å². The first-order chi connectivity index (χ1) is 7.99. The first-order valence-electron chi connectivity index (χ1n) is 6.08. The van der Waals surface area contributed by atoms with Crippen LogP contribution in [0.1, 0.15) is 33.7 Å². The number of nitrogens with one attached hydrogen (secondary N) is 1. The van der Waals surface area contributed by atoms with Crippen molar-refractivity contribution < 1.29 is 9.84 Å². The van der Waals surface area contributed by atoms with Gasteiger partial charge in [0.25, 0.3) is 0 Å². The van der Waals surface area contributed by atoms with Crippen LogP contribution in [0, 0.1) is 0 Å². The predicted molar refractivity (Wildman–Crippen MR) is 67.3 cm³/mol. The molecule has 5 heteroatoms. The summed E-state index contributed by atoms with van der Waals surface area (Å²) in [7, 11) is 0. The highest BCUT2D eigenvalue weighted by Crippen LogP contribution is 2.10. The van der Waals surface area contributed by atoms with Crippen LogP contribution in [0.4, 0.5) is 0 Å². The summed E-state index contributed by atoms with van der Waals surface area (Å²) < 4.78 is 7.24. The van der Waals surface area contributed by atoms with E-state index in [0.29, 0.717) is 24.5 Å². The Bertz CT molecular complexity index is 323. The van der Waals surface area contributed by atoms with Gasteiger partial charge in [-0.1, -0.05) is 13.8 Å². The second kappa shape index (κ2) is 6.61. The van der Waals surface area contributed by atoms with E-state index in [4.69, 9.17) is 4.74 Å². The van der Waals surface area contributed by atoms with Gasteiger partial charge in [0.2, 0.25) is 5.88 Å².